The minimum atomic E-state index is -0.603. The molecule has 0 radical (unpaired) electrons. The molecule has 0 fully saturated rings. The summed E-state index contributed by atoms with van der Waals surface area (Å²) in [5.41, 5.74) is 0. The average Bonchev–Trinajstić information content (AvgIpc) is 3.07. The van der Waals surface area contributed by atoms with Crippen LogP contribution in [0, 0.1) is 0 Å². The first-order chi connectivity index (χ1) is 12.6. The zero-order chi connectivity index (χ0) is 18.4. The lowest BCUT2D eigenvalue weighted by Crippen LogP contribution is -2.44. The highest BCUT2D eigenvalue weighted by Crippen LogP contribution is 2.30. The zero-order valence-electron chi connectivity index (χ0n) is 15.1. The fourth-order valence-electron chi connectivity index (χ4n) is 2.58. The minimum Gasteiger partial charge on any atom is -0.485 e. The van der Waals surface area contributed by atoms with Gasteiger partial charge in [0.05, 0.1) is 12.3 Å². The standard InChI is InChI=1S/C19H24N2O4S/c1-21(2)11-14-7-8-15(24-14)13-26-10-9-20-19(22)18-12-23-16-5-3-4-6-17(16)25-18/h3-8,18H,9-13H2,1-2H3,(H,20,22)/t18-/m0/s1. The molecule has 3 rings (SSSR count). The highest BCUT2D eigenvalue weighted by Gasteiger charge is 2.26. The number of fused-ring (bicyclic) bond motifs is 1. The van der Waals surface area contributed by atoms with Gasteiger partial charge < -0.3 is 24.1 Å². The maximum absolute atomic E-state index is 12.2. The van der Waals surface area contributed by atoms with Crippen LogP contribution in [-0.4, -0.2) is 49.9 Å². The molecule has 1 atom stereocenters. The lowest BCUT2D eigenvalue weighted by Gasteiger charge is -2.25. The third-order valence-corrected chi connectivity index (χ3v) is 4.76. The summed E-state index contributed by atoms with van der Waals surface area (Å²) in [7, 11) is 4.03. The summed E-state index contributed by atoms with van der Waals surface area (Å²) in [6.07, 6.45) is -0.603. The highest BCUT2D eigenvalue weighted by atomic mass is 32.2. The zero-order valence-corrected chi connectivity index (χ0v) is 15.9. The van der Waals surface area contributed by atoms with Crippen LogP contribution in [0.4, 0.5) is 0 Å². The van der Waals surface area contributed by atoms with E-state index in [9.17, 15) is 4.79 Å². The van der Waals surface area contributed by atoms with Gasteiger partial charge in [0.2, 0.25) is 6.10 Å². The Hall–Kier alpha value is -2.12. The Balaban J connectivity index is 1.34. The van der Waals surface area contributed by atoms with Gasteiger partial charge >= 0.3 is 0 Å². The van der Waals surface area contributed by atoms with Gasteiger partial charge in [0.25, 0.3) is 5.91 Å². The first-order valence-corrected chi connectivity index (χ1v) is 9.73. The Bertz CT molecular complexity index is 732. The van der Waals surface area contributed by atoms with Gasteiger partial charge in [-0.3, -0.25) is 4.79 Å². The number of rotatable bonds is 8. The van der Waals surface area contributed by atoms with E-state index < -0.39 is 6.10 Å². The molecule has 26 heavy (non-hydrogen) atoms. The van der Waals surface area contributed by atoms with E-state index in [1.807, 2.05) is 44.4 Å². The van der Waals surface area contributed by atoms with Crippen molar-refractivity contribution in [3.05, 3.63) is 47.9 Å². The molecule has 0 bridgehead atoms. The van der Waals surface area contributed by atoms with Crippen molar-refractivity contribution in [3.8, 4) is 11.5 Å². The van der Waals surface area contributed by atoms with Gasteiger partial charge in [0.1, 0.15) is 18.1 Å². The van der Waals surface area contributed by atoms with Gasteiger partial charge in [-0.25, -0.2) is 0 Å². The number of carbonyl (C=O) groups is 1. The normalized spacial score (nSPS) is 15.9. The van der Waals surface area contributed by atoms with Gasteiger partial charge in [0, 0.05) is 12.3 Å². The van der Waals surface area contributed by atoms with Gasteiger partial charge in [-0.2, -0.15) is 11.8 Å². The van der Waals surface area contributed by atoms with Crippen LogP contribution >= 0.6 is 11.8 Å². The maximum atomic E-state index is 12.2. The summed E-state index contributed by atoms with van der Waals surface area (Å²) in [5.74, 6) is 4.66. The van der Waals surface area contributed by atoms with Crippen molar-refractivity contribution in [1.82, 2.24) is 10.2 Å². The Kier molecular flexibility index (Phi) is 6.46. The molecule has 6 nitrogen and oxygen atoms in total. The highest BCUT2D eigenvalue weighted by molar-refractivity contribution is 7.98. The van der Waals surface area contributed by atoms with E-state index >= 15 is 0 Å². The number of furan rings is 1. The molecule has 0 aliphatic carbocycles. The first kappa shape index (κ1) is 18.7. The van der Waals surface area contributed by atoms with Crippen molar-refractivity contribution >= 4 is 17.7 Å². The Morgan fingerprint density at radius 2 is 1.96 bits per heavy atom. The molecule has 1 aromatic heterocycles. The number of ether oxygens (including phenoxy) is 2. The number of thioether (sulfide) groups is 1. The number of para-hydroxylation sites is 2. The second-order valence-corrected chi connectivity index (χ2v) is 7.42. The molecule has 1 aromatic carbocycles. The number of hydrogen-bond acceptors (Lipinski definition) is 6. The third-order valence-electron chi connectivity index (χ3n) is 3.78. The fraction of sp³-hybridized carbons (Fsp3) is 0.421. The smallest absolute Gasteiger partial charge is 0.264 e. The number of amides is 1. The number of nitrogens with zero attached hydrogens (tertiary/aromatic N) is 1. The number of benzene rings is 1. The molecule has 140 valence electrons. The molecule has 1 aliphatic heterocycles. The van der Waals surface area contributed by atoms with Crippen molar-refractivity contribution in [2.75, 3.05) is 33.0 Å². The van der Waals surface area contributed by atoms with E-state index in [2.05, 4.69) is 10.2 Å². The van der Waals surface area contributed by atoms with Crippen LogP contribution in [0.25, 0.3) is 0 Å². The molecule has 0 spiro atoms. The van der Waals surface area contributed by atoms with Crippen molar-refractivity contribution < 1.29 is 18.7 Å². The number of nitrogens with one attached hydrogen (secondary N) is 1. The molecule has 0 unspecified atom stereocenters. The minimum absolute atomic E-state index is 0.147. The summed E-state index contributed by atoms with van der Waals surface area (Å²) < 4.78 is 17.0. The van der Waals surface area contributed by atoms with E-state index in [-0.39, 0.29) is 12.5 Å². The van der Waals surface area contributed by atoms with E-state index in [0.29, 0.717) is 18.0 Å². The maximum Gasteiger partial charge on any atom is 0.264 e. The summed E-state index contributed by atoms with van der Waals surface area (Å²) in [4.78, 5) is 14.3. The van der Waals surface area contributed by atoms with Gasteiger partial charge in [0.15, 0.2) is 11.5 Å². The number of carbonyl (C=O) groups excluding carboxylic acids is 1. The second kappa shape index (κ2) is 9.00. The van der Waals surface area contributed by atoms with E-state index in [4.69, 9.17) is 13.9 Å². The fourth-order valence-corrected chi connectivity index (χ4v) is 3.33. The lowest BCUT2D eigenvalue weighted by molar-refractivity contribution is -0.130. The Morgan fingerprint density at radius 3 is 2.77 bits per heavy atom. The average molecular weight is 376 g/mol. The van der Waals surface area contributed by atoms with Crippen molar-refractivity contribution in [3.63, 3.8) is 0 Å². The predicted octanol–water partition coefficient (Wildman–Crippen LogP) is 2.53. The van der Waals surface area contributed by atoms with Crippen LogP contribution in [0.3, 0.4) is 0 Å². The van der Waals surface area contributed by atoms with Crippen LogP contribution in [0.5, 0.6) is 11.5 Å². The molecule has 7 heteroatoms. The third kappa shape index (κ3) is 5.19. The summed E-state index contributed by atoms with van der Waals surface area (Å²) in [6, 6.07) is 11.4. The molecular formula is C19H24N2O4S. The Labute approximate surface area is 157 Å². The monoisotopic (exact) mass is 376 g/mol. The molecule has 2 heterocycles. The van der Waals surface area contributed by atoms with Gasteiger partial charge in [-0.15, -0.1) is 0 Å². The van der Waals surface area contributed by atoms with Gasteiger partial charge in [-0.05, 0) is 38.4 Å². The summed E-state index contributed by atoms with van der Waals surface area (Å²) >= 11 is 1.72. The first-order valence-electron chi connectivity index (χ1n) is 8.58. The summed E-state index contributed by atoms with van der Waals surface area (Å²) in [5, 5.41) is 2.90. The molecule has 2 aromatic rings. The largest absolute Gasteiger partial charge is 0.485 e. The topological polar surface area (TPSA) is 63.9 Å². The van der Waals surface area contributed by atoms with Crippen LogP contribution < -0.4 is 14.8 Å². The van der Waals surface area contributed by atoms with Crippen molar-refractivity contribution in [2.24, 2.45) is 0 Å². The molecule has 1 amide bonds. The molecule has 1 N–H and O–H groups in total. The second-order valence-electron chi connectivity index (χ2n) is 6.31. The Morgan fingerprint density at radius 1 is 1.19 bits per heavy atom. The van der Waals surface area contributed by atoms with Crippen molar-refractivity contribution in [1.29, 1.82) is 0 Å². The predicted molar refractivity (Wildman–Crippen MR) is 102 cm³/mol. The van der Waals surface area contributed by atoms with Gasteiger partial charge in [-0.1, -0.05) is 12.1 Å². The van der Waals surface area contributed by atoms with Crippen LogP contribution in [-0.2, 0) is 17.1 Å². The van der Waals surface area contributed by atoms with Crippen LogP contribution in [0.15, 0.2) is 40.8 Å². The molecule has 0 saturated heterocycles. The summed E-state index contributed by atoms with van der Waals surface area (Å²) in [6.45, 7) is 1.61. The van der Waals surface area contributed by atoms with E-state index in [1.54, 1.807) is 17.8 Å². The molecule has 0 saturated carbocycles. The molecular weight excluding hydrogens is 352 g/mol. The SMILES string of the molecule is CN(C)Cc1ccc(CSCCNC(=O)[C@@H]2COc3ccccc3O2)o1. The van der Waals surface area contributed by atoms with E-state index in [0.717, 1.165) is 29.6 Å². The lowest BCUT2D eigenvalue weighted by atomic mass is 10.2. The van der Waals surface area contributed by atoms with Crippen LogP contribution in [0.2, 0.25) is 0 Å². The quantitative estimate of drug-likeness (QED) is 0.715. The van der Waals surface area contributed by atoms with Crippen LogP contribution in [0.1, 0.15) is 11.5 Å². The van der Waals surface area contributed by atoms with E-state index in [1.165, 1.54) is 0 Å². The van der Waals surface area contributed by atoms with Crippen molar-refractivity contribution in [2.45, 2.75) is 18.4 Å². The molecule has 1 aliphatic rings. The number of hydrogen-bond donors (Lipinski definition) is 1.